The number of hydrogen-bond donors (Lipinski definition) is 2. The van der Waals surface area contributed by atoms with Crippen molar-refractivity contribution < 1.29 is 19.4 Å². The third kappa shape index (κ3) is 10.6. The number of aromatic carboxylic acids is 1. The molecule has 0 bridgehead atoms. The summed E-state index contributed by atoms with van der Waals surface area (Å²) in [6.07, 6.45) is 11.0. The second-order valence-electron chi connectivity index (χ2n) is 6.36. The predicted molar refractivity (Wildman–Crippen MR) is 100 cm³/mol. The average molecular weight is 349 g/mol. The van der Waals surface area contributed by atoms with Gasteiger partial charge in [0, 0.05) is 25.8 Å². The van der Waals surface area contributed by atoms with Gasteiger partial charge in [0.05, 0.1) is 5.56 Å². The summed E-state index contributed by atoms with van der Waals surface area (Å²) in [5, 5.41) is 11.7. The summed E-state index contributed by atoms with van der Waals surface area (Å²) in [4.78, 5) is 22.8. The zero-order valence-electron chi connectivity index (χ0n) is 15.3. The summed E-state index contributed by atoms with van der Waals surface area (Å²) < 4.78 is 5.03. The van der Waals surface area contributed by atoms with Crippen molar-refractivity contribution in [3.05, 3.63) is 29.8 Å². The number of carboxylic acid groups (broad SMARTS) is 1. The zero-order chi connectivity index (χ0) is 18.3. The van der Waals surface area contributed by atoms with E-state index in [4.69, 9.17) is 9.84 Å². The number of amides is 1. The highest BCUT2D eigenvalue weighted by atomic mass is 16.5. The maximum atomic E-state index is 11.9. The second-order valence-corrected chi connectivity index (χ2v) is 6.36. The molecule has 2 N–H and O–H groups in total. The number of anilines is 1. The first-order valence-corrected chi connectivity index (χ1v) is 9.25. The van der Waals surface area contributed by atoms with Crippen LogP contribution in [-0.4, -0.2) is 30.7 Å². The minimum atomic E-state index is -0.991. The zero-order valence-corrected chi connectivity index (χ0v) is 15.3. The molecule has 0 fully saturated rings. The van der Waals surface area contributed by atoms with E-state index in [2.05, 4.69) is 5.32 Å². The molecular formula is C20H31NO4. The number of carbonyl (C=O) groups excluding carboxylic acids is 1. The van der Waals surface area contributed by atoms with Crippen LogP contribution in [0.2, 0.25) is 0 Å². The van der Waals surface area contributed by atoms with Gasteiger partial charge in [-0.3, -0.25) is 4.79 Å². The van der Waals surface area contributed by atoms with Crippen molar-refractivity contribution in [2.45, 2.75) is 64.2 Å². The Morgan fingerprint density at radius 3 is 2.16 bits per heavy atom. The molecule has 0 spiro atoms. The summed E-state index contributed by atoms with van der Waals surface area (Å²) in [5.41, 5.74) is 0.721. The lowest BCUT2D eigenvalue weighted by Crippen LogP contribution is -2.11. The quantitative estimate of drug-likeness (QED) is 0.470. The van der Waals surface area contributed by atoms with Crippen LogP contribution in [0.25, 0.3) is 0 Å². The van der Waals surface area contributed by atoms with Crippen LogP contribution in [0, 0.1) is 0 Å². The van der Waals surface area contributed by atoms with E-state index in [9.17, 15) is 9.59 Å². The standard InChI is InChI=1S/C20H31NO4/c1-25-15-10-8-6-4-2-3-5-7-9-14-19(22)21-18-13-11-12-17(16-18)20(23)24/h11-13,16H,2-10,14-15H2,1H3,(H,21,22)(H,23,24). The van der Waals surface area contributed by atoms with E-state index >= 15 is 0 Å². The smallest absolute Gasteiger partial charge is 0.335 e. The molecule has 0 radical (unpaired) electrons. The SMILES string of the molecule is COCCCCCCCCCCCC(=O)Nc1cccc(C(=O)O)c1. The van der Waals surface area contributed by atoms with Gasteiger partial charge >= 0.3 is 5.97 Å². The van der Waals surface area contributed by atoms with Crippen molar-refractivity contribution in [1.82, 2.24) is 0 Å². The van der Waals surface area contributed by atoms with Crippen LogP contribution in [0.5, 0.6) is 0 Å². The summed E-state index contributed by atoms with van der Waals surface area (Å²) in [6, 6.07) is 6.33. The summed E-state index contributed by atoms with van der Waals surface area (Å²) in [6.45, 7) is 0.864. The van der Waals surface area contributed by atoms with E-state index in [-0.39, 0.29) is 11.5 Å². The number of unbranched alkanes of at least 4 members (excludes halogenated alkanes) is 8. The largest absolute Gasteiger partial charge is 0.478 e. The average Bonchev–Trinajstić information content (AvgIpc) is 2.60. The number of carbonyl (C=O) groups is 2. The first kappa shape index (κ1) is 21.2. The first-order valence-electron chi connectivity index (χ1n) is 9.25. The van der Waals surface area contributed by atoms with Crippen LogP contribution >= 0.6 is 0 Å². The number of nitrogens with one attached hydrogen (secondary N) is 1. The molecule has 5 heteroatoms. The number of ether oxygens (including phenoxy) is 1. The number of methoxy groups -OCH3 is 1. The monoisotopic (exact) mass is 349 g/mol. The Morgan fingerprint density at radius 1 is 0.960 bits per heavy atom. The highest BCUT2D eigenvalue weighted by molar-refractivity contribution is 5.93. The lowest BCUT2D eigenvalue weighted by molar-refractivity contribution is -0.116. The number of benzene rings is 1. The first-order chi connectivity index (χ1) is 12.1. The molecule has 140 valence electrons. The molecule has 1 amide bonds. The molecule has 0 atom stereocenters. The Hall–Kier alpha value is -1.88. The van der Waals surface area contributed by atoms with E-state index in [1.807, 2.05) is 0 Å². The molecule has 0 heterocycles. The number of carboxylic acids is 1. The van der Waals surface area contributed by atoms with Gasteiger partial charge < -0.3 is 15.2 Å². The Bertz CT molecular complexity index is 516. The fourth-order valence-electron chi connectivity index (χ4n) is 2.72. The summed E-state index contributed by atoms with van der Waals surface area (Å²) >= 11 is 0. The van der Waals surface area contributed by atoms with Gasteiger partial charge in [0.15, 0.2) is 0 Å². The predicted octanol–water partition coefficient (Wildman–Crippen LogP) is 4.87. The molecule has 0 aromatic heterocycles. The lowest BCUT2D eigenvalue weighted by Gasteiger charge is -2.06. The van der Waals surface area contributed by atoms with Crippen LogP contribution in [-0.2, 0) is 9.53 Å². The molecular weight excluding hydrogens is 318 g/mol. The van der Waals surface area contributed by atoms with Crippen molar-refractivity contribution in [2.75, 3.05) is 19.0 Å². The molecule has 1 rings (SSSR count). The number of rotatable bonds is 14. The van der Waals surface area contributed by atoms with E-state index in [0.29, 0.717) is 12.1 Å². The summed E-state index contributed by atoms with van der Waals surface area (Å²) in [5.74, 6) is -1.05. The Labute approximate surface area is 150 Å². The van der Waals surface area contributed by atoms with Crippen molar-refractivity contribution in [1.29, 1.82) is 0 Å². The normalized spacial score (nSPS) is 10.6. The minimum absolute atomic E-state index is 0.0549. The molecule has 0 saturated carbocycles. The van der Waals surface area contributed by atoms with Gasteiger partial charge in [0.25, 0.3) is 0 Å². The van der Waals surface area contributed by atoms with Crippen LogP contribution in [0.1, 0.15) is 74.6 Å². The van der Waals surface area contributed by atoms with E-state index in [0.717, 1.165) is 25.9 Å². The Balaban J connectivity index is 2.02. The highest BCUT2D eigenvalue weighted by Gasteiger charge is 2.06. The van der Waals surface area contributed by atoms with Gasteiger partial charge in [-0.15, -0.1) is 0 Å². The molecule has 0 unspecified atom stereocenters. The molecule has 0 aliphatic heterocycles. The molecule has 0 aliphatic rings. The molecule has 5 nitrogen and oxygen atoms in total. The number of hydrogen-bond acceptors (Lipinski definition) is 3. The van der Waals surface area contributed by atoms with Crippen LogP contribution in [0.4, 0.5) is 5.69 Å². The Kier molecular flexibility index (Phi) is 11.4. The topological polar surface area (TPSA) is 75.6 Å². The van der Waals surface area contributed by atoms with Crippen molar-refractivity contribution in [3.63, 3.8) is 0 Å². The highest BCUT2D eigenvalue weighted by Crippen LogP contribution is 2.13. The molecule has 1 aromatic carbocycles. The van der Waals surface area contributed by atoms with Crippen LogP contribution < -0.4 is 5.32 Å². The van der Waals surface area contributed by atoms with Gasteiger partial charge in [0.1, 0.15) is 0 Å². The third-order valence-electron chi connectivity index (χ3n) is 4.15. The van der Waals surface area contributed by atoms with Crippen molar-refractivity contribution in [2.24, 2.45) is 0 Å². The third-order valence-corrected chi connectivity index (χ3v) is 4.15. The molecule has 25 heavy (non-hydrogen) atoms. The van der Waals surface area contributed by atoms with Crippen LogP contribution in [0.3, 0.4) is 0 Å². The van der Waals surface area contributed by atoms with E-state index in [1.165, 1.54) is 50.7 Å². The van der Waals surface area contributed by atoms with Gasteiger partial charge in [-0.2, -0.15) is 0 Å². The van der Waals surface area contributed by atoms with Gasteiger partial charge in [0.2, 0.25) is 5.91 Å². The maximum absolute atomic E-state index is 11.9. The summed E-state index contributed by atoms with van der Waals surface area (Å²) in [7, 11) is 1.74. The fraction of sp³-hybridized carbons (Fsp3) is 0.600. The fourth-order valence-corrected chi connectivity index (χ4v) is 2.72. The van der Waals surface area contributed by atoms with Gasteiger partial charge in [-0.1, -0.05) is 51.0 Å². The maximum Gasteiger partial charge on any atom is 0.335 e. The van der Waals surface area contributed by atoms with E-state index in [1.54, 1.807) is 19.2 Å². The molecule has 0 aliphatic carbocycles. The molecule has 1 aromatic rings. The van der Waals surface area contributed by atoms with E-state index < -0.39 is 5.97 Å². The molecule has 0 saturated heterocycles. The van der Waals surface area contributed by atoms with Gasteiger partial charge in [-0.25, -0.2) is 4.79 Å². The Morgan fingerprint density at radius 2 is 1.56 bits per heavy atom. The van der Waals surface area contributed by atoms with Crippen molar-refractivity contribution >= 4 is 17.6 Å². The second kappa shape index (κ2) is 13.4. The van der Waals surface area contributed by atoms with Crippen molar-refractivity contribution in [3.8, 4) is 0 Å². The van der Waals surface area contributed by atoms with Crippen LogP contribution in [0.15, 0.2) is 24.3 Å². The lowest BCUT2D eigenvalue weighted by atomic mass is 10.1. The minimum Gasteiger partial charge on any atom is -0.478 e. The van der Waals surface area contributed by atoms with Gasteiger partial charge in [-0.05, 0) is 31.0 Å².